The molecule has 0 aliphatic heterocycles. The molecule has 3 nitrogen and oxygen atoms in total. The fourth-order valence-electron chi connectivity index (χ4n) is 4.63. The standard InChI is InChI=1S/C30H35NO2/c1-24(23-31(2)21-20-25-12-6-3-7-13-25)30(28-16-10-5-11-17-28,33-29(32)27-18-19-27)22-26-14-8-4-9-15-26/h3-17,24,27H,18-23H2,1-2H3/t24-,30+/m0/s1. The summed E-state index contributed by atoms with van der Waals surface area (Å²) in [6.45, 7) is 4.03. The van der Waals surface area contributed by atoms with E-state index < -0.39 is 5.60 Å². The van der Waals surface area contributed by atoms with E-state index >= 15 is 0 Å². The van der Waals surface area contributed by atoms with Gasteiger partial charge in [-0.2, -0.15) is 0 Å². The van der Waals surface area contributed by atoms with Crippen LogP contribution in [0.2, 0.25) is 0 Å². The Morgan fingerprint density at radius 2 is 1.45 bits per heavy atom. The number of ether oxygens (including phenoxy) is 1. The molecule has 0 spiro atoms. The summed E-state index contributed by atoms with van der Waals surface area (Å²) >= 11 is 0. The molecule has 0 amide bonds. The van der Waals surface area contributed by atoms with Crippen molar-refractivity contribution in [1.29, 1.82) is 0 Å². The molecule has 0 unspecified atom stereocenters. The Hall–Kier alpha value is -2.91. The van der Waals surface area contributed by atoms with Crippen molar-refractivity contribution < 1.29 is 9.53 Å². The van der Waals surface area contributed by atoms with Crippen LogP contribution in [0, 0.1) is 11.8 Å². The van der Waals surface area contributed by atoms with Crippen LogP contribution in [0.15, 0.2) is 91.0 Å². The minimum atomic E-state index is -0.705. The zero-order chi connectivity index (χ0) is 23.1. The van der Waals surface area contributed by atoms with E-state index in [-0.39, 0.29) is 17.8 Å². The monoisotopic (exact) mass is 441 g/mol. The normalized spacial score (nSPS) is 16.2. The Morgan fingerprint density at radius 1 is 0.909 bits per heavy atom. The number of benzene rings is 3. The Bertz CT molecular complexity index is 1000. The van der Waals surface area contributed by atoms with Gasteiger partial charge in [-0.3, -0.25) is 4.79 Å². The molecule has 4 rings (SSSR count). The van der Waals surface area contributed by atoms with Crippen LogP contribution >= 0.6 is 0 Å². The van der Waals surface area contributed by atoms with E-state index in [4.69, 9.17) is 4.74 Å². The first kappa shape index (κ1) is 23.3. The third-order valence-electron chi connectivity index (χ3n) is 6.77. The van der Waals surface area contributed by atoms with Crippen LogP contribution in [0.3, 0.4) is 0 Å². The molecule has 0 aromatic heterocycles. The minimum absolute atomic E-state index is 0.0476. The molecule has 1 saturated carbocycles. The molecule has 3 aromatic carbocycles. The Balaban J connectivity index is 1.60. The van der Waals surface area contributed by atoms with E-state index in [1.165, 1.54) is 11.1 Å². The van der Waals surface area contributed by atoms with Gasteiger partial charge in [0.05, 0.1) is 5.92 Å². The van der Waals surface area contributed by atoms with Crippen molar-refractivity contribution in [2.24, 2.45) is 11.8 Å². The number of rotatable bonds is 11. The number of hydrogen-bond acceptors (Lipinski definition) is 3. The van der Waals surface area contributed by atoms with Crippen LogP contribution in [-0.4, -0.2) is 31.0 Å². The summed E-state index contributed by atoms with van der Waals surface area (Å²) in [6, 6.07) is 31.4. The molecule has 1 fully saturated rings. The lowest BCUT2D eigenvalue weighted by Crippen LogP contribution is -2.46. The first-order chi connectivity index (χ1) is 16.1. The molecule has 0 radical (unpaired) electrons. The number of esters is 1. The lowest BCUT2D eigenvalue weighted by atomic mass is 9.77. The van der Waals surface area contributed by atoms with E-state index in [2.05, 4.69) is 85.6 Å². The lowest BCUT2D eigenvalue weighted by Gasteiger charge is -2.41. The largest absolute Gasteiger partial charge is 0.453 e. The Labute approximate surface area is 198 Å². The number of nitrogens with zero attached hydrogens (tertiary/aromatic N) is 1. The average Bonchev–Trinajstić information content (AvgIpc) is 3.70. The van der Waals surface area contributed by atoms with Crippen molar-refractivity contribution in [2.75, 3.05) is 20.1 Å². The molecule has 0 heterocycles. The third kappa shape index (κ3) is 6.11. The number of likely N-dealkylation sites (N-methyl/N-ethyl adjacent to an activating group) is 1. The van der Waals surface area contributed by atoms with Crippen LogP contribution in [0.4, 0.5) is 0 Å². The first-order valence-corrected chi connectivity index (χ1v) is 12.1. The second-order valence-electron chi connectivity index (χ2n) is 9.51. The van der Waals surface area contributed by atoms with Crippen molar-refractivity contribution in [1.82, 2.24) is 4.90 Å². The average molecular weight is 442 g/mol. The van der Waals surface area contributed by atoms with Crippen LogP contribution in [0.5, 0.6) is 0 Å². The minimum Gasteiger partial charge on any atom is -0.453 e. The fraction of sp³-hybridized carbons (Fsp3) is 0.367. The van der Waals surface area contributed by atoms with Crippen LogP contribution < -0.4 is 0 Å². The van der Waals surface area contributed by atoms with Gasteiger partial charge in [-0.15, -0.1) is 0 Å². The summed E-state index contributed by atoms with van der Waals surface area (Å²) in [5.74, 6) is 0.129. The summed E-state index contributed by atoms with van der Waals surface area (Å²) < 4.78 is 6.51. The summed E-state index contributed by atoms with van der Waals surface area (Å²) in [4.78, 5) is 15.4. The molecule has 1 aliphatic rings. The summed E-state index contributed by atoms with van der Waals surface area (Å²) in [5, 5.41) is 0. The van der Waals surface area contributed by atoms with E-state index in [0.29, 0.717) is 6.42 Å². The van der Waals surface area contributed by atoms with E-state index in [0.717, 1.165) is 37.9 Å². The molecule has 0 bridgehead atoms. The molecule has 3 heteroatoms. The van der Waals surface area contributed by atoms with Crippen molar-refractivity contribution >= 4 is 5.97 Å². The maximum atomic E-state index is 13.0. The number of carbonyl (C=O) groups excluding carboxylic acids is 1. The van der Waals surface area contributed by atoms with Gasteiger partial charge in [-0.25, -0.2) is 0 Å². The summed E-state index contributed by atoms with van der Waals surface area (Å²) in [6.07, 6.45) is 3.56. The van der Waals surface area contributed by atoms with Crippen LogP contribution in [0.25, 0.3) is 0 Å². The van der Waals surface area contributed by atoms with Gasteiger partial charge in [0.1, 0.15) is 5.60 Å². The van der Waals surface area contributed by atoms with E-state index in [1.807, 2.05) is 24.3 Å². The van der Waals surface area contributed by atoms with Crippen molar-refractivity contribution in [3.05, 3.63) is 108 Å². The number of hydrogen-bond donors (Lipinski definition) is 0. The van der Waals surface area contributed by atoms with Crippen molar-refractivity contribution in [2.45, 2.75) is 38.2 Å². The second-order valence-corrected chi connectivity index (χ2v) is 9.51. The van der Waals surface area contributed by atoms with Gasteiger partial charge in [0, 0.05) is 25.4 Å². The molecule has 1 aliphatic carbocycles. The highest BCUT2D eigenvalue weighted by atomic mass is 16.6. The van der Waals surface area contributed by atoms with Crippen molar-refractivity contribution in [3.63, 3.8) is 0 Å². The molecule has 33 heavy (non-hydrogen) atoms. The predicted molar refractivity (Wildman–Crippen MR) is 134 cm³/mol. The van der Waals surface area contributed by atoms with Crippen LogP contribution in [0.1, 0.15) is 36.5 Å². The summed E-state index contributed by atoms with van der Waals surface area (Å²) in [7, 11) is 2.17. The van der Waals surface area contributed by atoms with Crippen LogP contribution in [-0.2, 0) is 28.0 Å². The maximum Gasteiger partial charge on any atom is 0.309 e. The molecular formula is C30H35NO2. The quantitative estimate of drug-likeness (QED) is 0.348. The smallest absolute Gasteiger partial charge is 0.309 e. The second kappa shape index (κ2) is 10.8. The lowest BCUT2D eigenvalue weighted by molar-refractivity contribution is -0.170. The Kier molecular flexibility index (Phi) is 7.61. The molecular weight excluding hydrogens is 406 g/mol. The first-order valence-electron chi connectivity index (χ1n) is 12.1. The Morgan fingerprint density at radius 3 is 2.03 bits per heavy atom. The van der Waals surface area contributed by atoms with Crippen molar-refractivity contribution in [3.8, 4) is 0 Å². The predicted octanol–water partition coefficient (Wildman–Crippen LogP) is 5.89. The van der Waals surface area contributed by atoms with Gasteiger partial charge >= 0.3 is 5.97 Å². The zero-order valence-electron chi connectivity index (χ0n) is 19.8. The van der Waals surface area contributed by atoms with Gasteiger partial charge < -0.3 is 9.64 Å². The van der Waals surface area contributed by atoms with Gasteiger partial charge in [0.15, 0.2) is 0 Å². The molecule has 0 N–H and O–H groups in total. The maximum absolute atomic E-state index is 13.0. The molecule has 3 aromatic rings. The molecule has 2 atom stereocenters. The van der Waals surface area contributed by atoms with E-state index in [9.17, 15) is 4.79 Å². The van der Waals surface area contributed by atoms with E-state index in [1.54, 1.807) is 0 Å². The highest BCUT2D eigenvalue weighted by Crippen LogP contribution is 2.41. The third-order valence-corrected chi connectivity index (χ3v) is 6.77. The highest BCUT2D eigenvalue weighted by Gasteiger charge is 2.45. The zero-order valence-corrected chi connectivity index (χ0v) is 19.8. The topological polar surface area (TPSA) is 29.5 Å². The summed E-state index contributed by atoms with van der Waals surface area (Å²) in [5.41, 5.74) is 2.90. The van der Waals surface area contributed by atoms with Gasteiger partial charge in [0.2, 0.25) is 0 Å². The SMILES string of the molecule is C[C@@H](CN(C)CCc1ccccc1)[C@@](Cc1ccccc1)(OC(=O)C1CC1)c1ccccc1. The van der Waals surface area contributed by atoms with Gasteiger partial charge in [-0.1, -0.05) is 97.9 Å². The highest BCUT2D eigenvalue weighted by molar-refractivity contribution is 5.75. The van der Waals surface area contributed by atoms with Gasteiger partial charge in [0.25, 0.3) is 0 Å². The molecule has 0 saturated heterocycles. The van der Waals surface area contributed by atoms with Gasteiger partial charge in [-0.05, 0) is 43.0 Å². The number of carbonyl (C=O) groups is 1. The fourth-order valence-corrected chi connectivity index (χ4v) is 4.63. The molecule has 172 valence electrons.